The molecule has 4 aromatic rings. The van der Waals surface area contributed by atoms with Crippen LogP contribution < -0.4 is 14.9 Å². The average molecular weight is 787 g/mol. The Morgan fingerprint density at radius 2 is 1.48 bits per heavy atom. The van der Waals surface area contributed by atoms with Crippen molar-refractivity contribution in [2.24, 2.45) is 0 Å². The van der Waals surface area contributed by atoms with Crippen LogP contribution in [0.1, 0.15) is 5.56 Å². The largest absolute Gasteiger partial charge is 0.508 e. The molecule has 56 heavy (non-hydrogen) atoms. The summed E-state index contributed by atoms with van der Waals surface area (Å²) in [5.74, 6) is -3.21. The monoisotopic (exact) mass is 786 g/mol. The number of hydrogen-bond donors (Lipinski definition) is 10. The van der Waals surface area contributed by atoms with Gasteiger partial charge in [0.05, 0.1) is 13.7 Å². The lowest BCUT2D eigenvalue weighted by Gasteiger charge is -2.45. The standard InChI is InChI=1S/C37H38O19/c1-50-21-10-15(2-8-19(21)41)3-9-25(43)51-14-24-28(45)30(47)32(49)36(54-24)56-35-31(48)27(44)23(13-38)53-37(35)55-34-29(46)26-20(42)11-18(40)12-22(26)52-33(34)16-4-6-17(39)7-5-16/h2-12,23-24,27-28,30-32,35-42,44-45,47-49H,13-14H2,1H3/b9-3+/t23-,24-,27+,28-,30+,31+,32-,35-,36+,37+/m1/s1. The molecule has 0 radical (unpaired) electrons. The van der Waals surface area contributed by atoms with Crippen LogP contribution >= 0.6 is 0 Å². The quantitative estimate of drug-likeness (QED) is 0.0680. The third-order valence-corrected chi connectivity index (χ3v) is 9.07. The Morgan fingerprint density at radius 3 is 2.18 bits per heavy atom. The molecule has 19 heteroatoms. The van der Waals surface area contributed by atoms with Crippen molar-refractivity contribution in [1.29, 1.82) is 0 Å². The number of rotatable bonds is 11. The number of phenolic OH excluding ortho intramolecular Hbond substituents is 4. The van der Waals surface area contributed by atoms with Crippen molar-refractivity contribution in [1.82, 2.24) is 0 Å². The van der Waals surface area contributed by atoms with E-state index in [-0.39, 0.29) is 34.2 Å². The van der Waals surface area contributed by atoms with Crippen LogP contribution in [-0.4, -0.2) is 139 Å². The molecular weight excluding hydrogens is 748 g/mol. The molecular formula is C37H38O19. The second-order valence-corrected chi connectivity index (χ2v) is 12.8. The number of ether oxygens (including phenoxy) is 6. The number of carbonyl (C=O) groups is 1. The lowest BCUT2D eigenvalue weighted by Crippen LogP contribution is -2.65. The number of phenols is 4. The number of benzene rings is 3. The van der Waals surface area contributed by atoms with Crippen LogP contribution in [0.5, 0.6) is 34.5 Å². The Morgan fingerprint density at radius 1 is 0.786 bits per heavy atom. The lowest BCUT2D eigenvalue weighted by molar-refractivity contribution is -0.358. The van der Waals surface area contributed by atoms with Gasteiger partial charge in [0.1, 0.15) is 77.6 Å². The summed E-state index contributed by atoms with van der Waals surface area (Å²) in [6.45, 7) is -1.57. The number of esters is 1. The van der Waals surface area contributed by atoms with Crippen LogP contribution in [-0.2, 0) is 23.7 Å². The van der Waals surface area contributed by atoms with Crippen LogP contribution in [0.2, 0.25) is 0 Å². The van der Waals surface area contributed by atoms with E-state index in [0.29, 0.717) is 5.56 Å². The molecule has 3 aromatic carbocycles. The number of carbonyl (C=O) groups excluding carboxylic acids is 1. The van der Waals surface area contributed by atoms with Crippen molar-refractivity contribution in [3.8, 4) is 45.8 Å². The van der Waals surface area contributed by atoms with Gasteiger partial charge in [-0.3, -0.25) is 4.79 Å². The highest BCUT2D eigenvalue weighted by molar-refractivity contribution is 5.88. The molecule has 0 saturated carbocycles. The molecule has 2 saturated heterocycles. The molecule has 0 bridgehead atoms. The Kier molecular flexibility index (Phi) is 12.0. The van der Waals surface area contributed by atoms with Gasteiger partial charge in [0.25, 0.3) is 0 Å². The summed E-state index contributed by atoms with van der Waals surface area (Å²) >= 11 is 0. The Hall–Kier alpha value is -5.48. The van der Waals surface area contributed by atoms with Gasteiger partial charge in [-0.1, -0.05) is 6.07 Å². The van der Waals surface area contributed by atoms with Gasteiger partial charge in [0.15, 0.2) is 29.7 Å². The van der Waals surface area contributed by atoms with Crippen molar-refractivity contribution >= 4 is 23.0 Å². The van der Waals surface area contributed by atoms with Gasteiger partial charge in [0, 0.05) is 23.8 Å². The summed E-state index contributed by atoms with van der Waals surface area (Å²) in [5.41, 5.74) is -0.715. The minimum atomic E-state index is -2.04. The SMILES string of the molecule is COc1cc(/C=C/C(=O)OC[C@H]2O[C@@H](O[C@H]3[C@H](Oc4c(-c5ccc(O)cc5)oc5cc(O)cc(O)c5c4=O)O[C@H](CO)[C@H](O)[C@@H]3O)[C@H](O)[C@@H](O)[C@@H]2O)ccc1O. The maximum atomic E-state index is 13.9. The van der Waals surface area contributed by atoms with E-state index >= 15 is 0 Å². The minimum Gasteiger partial charge on any atom is -0.508 e. The molecule has 0 spiro atoms. The van der Waals surface area contributed by atoms with E-state index in [1.807, 2.05) is 0 Å². The molecule has 2 aliphatic rings. The normalized spacial score (nSPS) is 28.0. The zero-order chi connectivity index (χ0) is 40.4. The molecule has 19 nitrogen and oxygen atoms in total. The zero-order valence-corrected chi connectivity index (χ0v) is 29.2. The molecule has 0 aliphatic carbocycles. The molecule has 2 fully saturated rings. The molecule has 0 amide bonds. The third kappa shape index (κ3) is 8.21. The highest BCUT2D eigenvalue weighted by Crippen LogP contribution is 2.38. The fourth-order valence-electron chi connectivity index (χ4n) is 6.09. The highest BCUT2D eigenvalue weighted by Gasteiger charge is 2.52. The minimum absolute atomic E-state index is 0.124. The average Bonchev–Trinajstić information content (AvgIpc) is 3.17. The number of aliphatic hydroxyl groups excluding tert-OH is 6. The van der Waals surface area contributed by atoms with Gasteiger partial charge in [-0.25, -0.2) is 4.79 Å². The number of aliphatic hydroxyl groups is 6. The summed E-state index contributed by atoms with van der Waals surface area (Å²) < 4.78 is 39.2. The fraction of sp³-hybridized carbons (Fsp3) is 0.351. The van der Waals surface area contributed by atoms with Gasteiger partial charge >= 0.3 is 5.97 Å². The van der Waals surface area contributed by atoms with E-state index in [1.165, 1.54) is 55.7 Å². The molecule has 0 unspecified atom stereocenters. The zero-order valence-electron chi connectivity index (χ0n) is 29.2. The van der Waals surface area contributed by atoms with E-state index < -0.39 is 109 Å². The number of hydrogen-bond acceptors (Lipinski definition) is 19. The first-order chi connectivity index (χ1) is 26.7. The van der Waals surface area contributed by atoms with Crippen LogP contribution in [0.4, 0.5) is 0 Å². The van der Waals surface area contributed by atoms with E-state index in [0.717, 1.165) is 18.2 Å². The first-order valence-electron chi connectivity index (χ1n) is 16.9. The smallest absolute Gasteiger partial charge is 0.330 e. The third-order valence-electron chi connectivity index (χ3n) is 9.07. The van der Waals surface area contributed by atoms with Crippen LogP contribution in [0.15, 0.2) is 69.9 Å². The second-order valence-electron chi connectivity index (χ2n) is 12.8. The molecule has 2 aliphatic heterocycles. The topological polar surface area (TPSA) is 305 Å². The van der Waals surface area contributed by atoms with Gasteiger partial charge in [0.2, 0.25) is 17.5 Å². The molecule has 10 N–H and O–H groups in total. The summed E-state index contributed by atoms with van der Waals surface area (Å²) in [5, 5.41) is 104. The van der Waals surface area contributed by atoms with E-state index in [4.69, 9.17) is 32.8 Å². The van der Waals surface area contributed by atoms with E-state index in [9.17, 15) is 60.7 Å². The number of aromatic hydroxyl groups is 4. The first kappa shape index (κ1) is 40.2. The maximum absolute atomic E-state index is 13.9. The first-order valence-corrected chi connectivity index (χ1v) is 16.9. The van der Waals surface area contributed by atoms with Gasteiger partial charge in [-0.2, -0.15) is 0 Å². The van der Waals surface area contributed by atoms with Crippen molar-refractivity contribution in [2.45, 2.75) is 61.4 Å². The van der Waals surface area contributed by atoms with Gasteiger partial charge in [-0.05, 0) is 48.0 Å². The summed E-state index contributed by atoms with van der Waals surface area (Å²) in [4.78, 5) is 26.5. The summed E-state index contributed by atoms with van der Waals surface area (Å²) in [6.07, 6.45) is -16.3. The van der Waals surface area contributed by atoms with Crippen LogP contribution in [0.25, 0.3) is 28.4 Å². The number of fused-ring (bicyclic) bond motifs is 1. The summed E-state index contributed by atoms with van der Waals surface area (Å²) in [6, 6.07) is 11.4. The number of methoxy groups -OCH3 is 1. The van der Waals surface area contributed by atoms with E-state index in [2.05, 4.69) is 0 Å². The van der Waals surface area contributed by atoms with Crippen molar-refractivity contribution < 1.29 is 88.7 Å². The Labute approximate surface area is 315 Å². The molecule has 6 rings (SSSR count). The lowest BCUT2D eigenvalue weighted by atomic mass is 9.97. The Bertz CT molecular complexity index is 2120. The highest BCUT2D eigenvalue weighted by atomic mass is 16.8. The predicted molar refractivity (Wildman–Crippen MR) is 188 cm³/mol. The Balaban J connectivity index is 1.27. The molecule has 300 valence electrons. The van der Waals surface area contributed by atoms with Crippen molar-refractivity contribution in [3.63, 3.8) is 0 Å². The van der Waals surface area contributed by atoms with Crippen molar-refractivity contribution in [2.75, 3.05) is 20.3 Å². The maximum Gasteiger partial charge on any atom is 0.330 e. The van der Waals surface area contributed by atoms with E-state index in [1.54, 1.807) is 0 Å². The van der Waals surface area contributed by atoms with Crippen LogP contribution in [0.3, 0.4) is 0 Å². The van der Waals surface area contributed by atoms with Gasteiger partial charge in [-0.15, -0.1) is 0 Å². The molecule has 10 atom stereocenters. The fourth-order valence-corrected chi connectivity index (χ4v) is 6.09. The molecule has 1 aromatic heterocycles. The second kappa shape index (κ2) is 16.7. The van der Waals surface area contributed by atoms with Crippen molar-refractivity contribution in [3.05, 3.63) is 76.5 Å². The summed E-state index contributed by atoms with van der Waals surface area (Å²) in [7, 11) is 1.34. The van der Waals surface area contributed by atoms with Gasteiger partial charge < -0.3 is 83.9 Å². The molecule has 3 heterocycles. The predicted octanol–water partition coefficient (Wildman–Crippen LogP) is -0.442. The van der Waals surface area contributed by atoms with Crippen LogP contribution in [0, 0.1) is 0 Å².